The van der Waals surface area contributed by atoms with Crippen LogP contribution in [-0.4, -0.2) is 19.5 Å². The lowest BCUT2D eigenvalue weighted by Gasteiger charge is -2.20. The summed E-state index contributed by atoms with van der Waals surface area (Å²) in [5, 5.41) is 7.03. The first kappa shape index (κ1) is 29.0. The van der Waals surface area contributed by atoms with Crippen LogP contribution >= 0.6 is 0 Å². The van der Waals surface area contributed by atoms with Crippen molar-refractivity contribution in [2.75, 3.05) is 0 Å². The predicted molar refractivity (Wildman–Crippen MR) is 211 cm³/mol. The van der Waals surface area contributed by atoms with Gasteiger partial charge >= 0.3 is 0 Å². The smallest absolute Gasteiger partial charge is 0.166 e. The minimum atomic E-state index is 0.626. The molecule has 0 bridgehead atoms. The summed E-state index contributed by atoms with van der Waals surface area (Å²) >= 11 is 0. The van der Waals surface area contributed by atoms with Gasteiger partial charge < -0.3 is 4.57 Å². The molecule has 0 aliphatic carbocycles. The highest BCUT2D eigenvalue weighted by atomic mass is 15.1. The molecule has 4 nitrogen and oxygen atoms in total. The summed E-state index contributed by atoms with van der Waals surface area (Å²) in [6.45, 7) is 0. The van der Waals surface area contributed by atoms with E-state index in [1.807, 2.05) is 36.4 Å². The van der Waals surface area contributed by atoms with E-state index < -0.39 is 0 Å². The second kappa shape index (κ2) is 11.9. The van der Waals surface area contributed by atoms with Gasteiger partial charge in [-0.25, -0.2) is 15.0 Å². The monoisotopic (exact) mass is 650 g/mol. The molecular weight excluding hydrogens is 621 g/mol. The molecule has 0 atom stereocenters. The molecule has 0 spiro atoms. The average molecular weight is 651 g/mol. The molecule has 0 radical (unpaired) electrons. The third kappa shape index (κ3) is 4.88. The van der Waals surface area contributed by atoms with Crippen LogP contribution < -0.4 is 0 Å². The van der Waals surface area contributed by atoms with E-state index in [1.54, 1.807) is 0 Å². The van der Waals surface area contributed by atoms with Crippen LogP contribution in [-0.2, 0) is 0 Å². The predicted octanol–water partition coefficient (Wildman–Crippen LogP) is 11.9. The SMILES string of the molecule is c1ccc(-c2nc(-c3ccccc3)nc(-c3c(-n4c5ccccc5c5ccccc54)cc(-c4ccc5ccccc5c4)c4ccccc34)n2)cc1. The molecule has 0 unspecified atom stereocenters. The Morgan fingerprint density at radius 1 is 0.333 bits per heavy atom. The van der Waals surface area contributed by atoms with E-state index in [9.17, 15) is 0 Å². The van der Waals surface area contributed by atoms with Gasteiger partial charge in [0.15, 0.2) is 17.5 Å². The Morgan fingerprint density at radius 3 is 1.45 bits per heavy atom. The van der Waals surface area contributed by atoms with Crippen molar-refractivity contribution in [3.05, 3.63) is 182 Å². The lowest BCUT2D eigenvalue weighted by Crippen LogP contribution is -2.05. The van der Waals surface area contributed by atoms with E-state index in [2.05, 4.69) is 150 Å². The summed E-state index contributed by atoms with van der Waals surface area (Å²) in [5.41, 5.74) is 8.40. The van der Waals surface area contributed by atoms with E-state index in [0.717, 1.165) is 55.3 Å². The molecule has 0 fully saturated rings. The van der Waals surface area contributed by atoms with Crippen LogP contribution in [0.25, 0.3) is 94.3 Å². The second-order valence-corrected chi connectivity index (χ2v) is 12.8. The van der Waals surface area contributed by atoms with E-state index >= 15 is 0 Å². The molecule has 10 rings (SSSR count). The van der Waals surface area contributed by atoms with E-state index in [1.165, 1.54) is 21.5 Å². The molecule has 0 saturated heterocycles. The zero-order valence-electron chi connectivity index (χ0n) is 27.6. The Bertz CT molecular complexity index is 2800. The number of benzene rings is 8. The number of rotatable bonds is 5. The van der Waals surface area contributed by atoms with E-state index in [0.29, 0.717) is 17.5 Å². The van der Waals surface area contributed by atoms with Crippen molar-refractivity contribution in [3.8, 4) is 51.0 Å². The lowest BCUT2D eigenvalue weighted by atomic mass is 9.91. The fourth-order valence-corrected chi connectivity index (χ4v) is 7.47. The van der Waals surface area contributed by atoms with Crippen LogP contribution in [0.2, 0.25) is 0 Å². The number of nitrogens with zero attached hydrogens (tertiary/aromatic N) is 4. The maximum Gasteiger partial charge on any atom is 0.166 e. The molecule has 10 aromatic rings. The van der Waals surface area contributed by atoms with Gasteiger partial charge in [0.1, 0.15) is 0 Å². The number of fused-ring (bicyclic) bond motifs is 5. The minimum Gasteiger partial charge on any atom is -0.308 e. The summed E-state index contributed by atoms with van der Waals surface area (Å²) in [7, 11) is 0. The summed E-state index contributed by atoms with van der Waals surface area (Å²) in [6, 6.07) is 64.0. The molecule has 0 aliphatic heterocycles. The summed E-state index contributed by atoms with van der Waals surface area (Å²) in [6.07, 6.45) is 0. The maximum absolute atomic E-state index is 5.29. The third-order valence-electron chi connectivity index (χ3n) is 9.83. The first-order valence-electron chi connectivity index (χ1n) is 17.2. The fourth-order valence-electron chi connectivity index (χ4n) is 7.47. The van der Waals surface area contributed by atoms with Gasteiger partial charge in [0.05, 0.1) is 22.3 Å². The zero-order chi connectivity index (χ0) is 33.7. The summed E-state index contributed by atoms with van der Waals surface area (Å²) in [5.74, 6) is 1.89. The molecule has 0 aliphatic rings. The van der Waals surface area contributed by atoms with Gasteiger partial charge in [-0.1, -0.05) is 158 Å². The first-order valence-corrected chi connectivity index (χ1v) is 17.2. The number of aromatic nitrogens is 4. The molecule has 2 heterocycles. The second-order valence-electron chi connectivity index (χ2n) is 12.8. The number of hydrogen-bond acceptors (Lipinski definition) is 3. The van der Waals surface area contributed by atoms with E-state index in [4.69, 9.17) is 15.0 Å². The topological polar surface area (TPSA) is 43.6 Å². The minimum absolute atomic E-state index is 0.626. The van der Waals surface area contributed by atoms with Gasteiger partial charge in [-0.2, -0.15) is 0 Å². The molecule has 2 aromatic heterocycles. The molecule has 51 heavy (non-hydrogen) atoms. The molecule has 238 valence electrons. The Kier molecular flexibility index (Phi) is 6.78. The van der Waals surface area contributed by atoms with Crippen LogP contribution in [0.5, 0.6) is 0 Å². The van der Waals surface area contributed by atoms with Crippen molar-refractivity contribution < 1.29 is 0 Å². The Labute approximate surface area is 295 Å². The first-order chi connectivity index (χ1) is 25.3. The van der Waals surface area contributed by atoms with Crippen LogP contribution in [0.1, 0.15) is 0 Å². The van der Waals surface area contributed by atoms with Crippen molar-refractivity contribution in [2.24, 2.45) is 0 Å². The quantitative estimate of drug-likeness (QED) is 0.186. The standard InChI is InChI=1S/C47H30N4/c1-3-16-32(17-4-1)45-48-46(33-18-5-2-6-19-33)50-47(49-45)44-39-24-10-9-21-36(39)40(35-28-27-31-15-7-8-20-34(31)29-35)30-43(44)51-41-25-13-11-22-37(41)38-23-12-14-26-42(38)51/h1-30H. The van der Waals surface area contributed by atoms with Gasteiger partial charge in [0.2, 0.25) is 0 Å². The lowest BCUT2D eigenvalue weighted by molar-refractivity contribution is 1.07. The molecule has 4 heteroatoms. The molecule has 0 saturated carbocycles. The van der Waals surface area contributed by atoms with Crippen LogP contribution in [0.3, 0.4) is 0 Å². The molecule has 0 amide bonds. The van der Waals surface area contributed by atoms with E-state index in [-0.39, 0.29) is 0 Å². The van der Waals surface area contributed by atoms with Crippen molar-refractivity contribution >= 4 is 43.4 Å². The van der Waals surface area contributed by atoms with Gasteiger partial charge in [-0.15, -0.1) is 0 Å². The Morgan fingerprint density at radius 2 is 0.824 bits per heavy atom. The average Bonchev–Trinajstić information content (AvgIpc) is 3.55. The molecule has 8 aromatic carbocycles. The fraction of sp³-hybridized carbons (Fsp3) is 0. The van der Waals surface area contributed by atoms with Gasteiger partial charge in [0.25, 0.3) is 0 Å². The van der Waals surface area contributed by atoms with Gasteiger partial charge in [0, 0.05) is 21.9 Å². The number of para-hydroxylation sites is 2. The summed E-state index contributed by atoms with van der Waals surface area (Å²) < 4.78 is 2.39. The van der Waals surface area contributed by atoms with Gasteiger partial charge in [-0.3, -0.25) is 0 Å². The highest BCUT2D eigenvalue weighted by Crippen LogP contribution is 2.43. The Hall–Kier alpha value is -6.91. The molecule has 0 N–H and O–H groups in total. The zero-order valence-corrected chi connectivity index (χ0v) is 27.6. The maximum atomic E-state index is 5.29. The van der Waals surface area contributed by atoms with Crippen LogP contribution in [0, 0.1) is 0 Å². The van der Waals surface area contributed by atoms with Crippen LogP contribution in [0.15, 0.2) is 182 Å². The largest absolute Gasteiger partial charge is 0.308 e. The van der Waals surface area contributed by atoms with Crippen LogP contribution in [0.4, 0.5) is 0 Å². The number of hydrogen-bond donors (Lipinski definition) is 0. The van der Waals surface area contributed by atoms with Crippen molar-refractivity contribution in [3.63, 3.8) is 0 Å². The van der Waals surface area contributed by atoms with Crippen molar-refractivity contribution in [1.82, 2.24) is 19.5 Å². The van der Waals surface area contributed by atoms with Crippen molar-refractivity contribution in [1.29, 1.82) is 0 Å². The highest BCUT2D eigenvalue weighted by molar-refractivity contribution is 6.13. The highest BCUT2D eigenvalue weighted by Gasteiger charge is 2.23. The normalized spacial score (nSPS) is 11.5. The van der Waals surface area contributed by atoms with Crippen molar-refractivity contribution in [2.45, 2.75) is 0 Å². The molecular formula is C47H30N4. The summed E-state index contributed by atoms with van der Waals surface area (Å²) in [4.78, 5) is 15.6. The third-order valence-corrected chi connectivity index (χ3v) is 9.83. The Balaban J connectivity index is 1.37. The van der Waals surface area contributed by atoms with Gasteiger partial charge in [-0.05, 0) is 56.9 Å².